The Bertz CT molecular complexity index is 921. The molecule has 0 saturated carbocycles. The van der Waals surface area contributed by atoms with Gasteiger partial charge in [-0.15, -0.1) is 0 Å². The van der Waals surface area contributed by atoms with E-state index in [1.807, 2.05) is 25.3 Å². The van der Waals surface area contributed by atoms with Crippen LogP contribution in [-0.4, -0.2) is 57.3 Å². The maximum Gasteiger partial charge on any atom is 0.410 e. The molecule has 1 amide bonds. The molecule has 2 aromatic rings. The number of halogens is 1. The maximum absolute atomic E-state index is 12.8. The number of imidazole rings is 1. The highest BCUT2D eigenvalue weighted by atomic mass is 35.5. The van der Waals surface area contributed by atoms with Gasteiger partial charge in [-0.1, -0.05) is 19.6 Å². The van der Waals surface area contributed by atoms with Crippen molar-refractivity contribution in [3.05, 3.63) is 29.7 Å². The van der Waals surface area contributed by atoms with E-state index in [1.165, 1.54) is 0 Å². The monoisotopic (exact) mass is 479 g/mol. The van der Waals surface area contributed by atoms with Crippen LogP contribution in [0.15, 0.2) is 18.6 Å². The molecule has 1 fully saturated rings. The average molecular weight is 480 g/mol. The highest BCUT2D eigenvalue weighted by molar-refractivity contribution is 6.76. The van der Waals surface area contributed by atoms with Crippen LogP contribution in [0.3, 0.4) is 0 Å². The Morgan fingerprint density at radius 1 is 1.19 bits per heavy atom. The molecule has 1 aliphatic heterocycles. The summed E-state index contributed by atoms with van der Waals surface area (Å²) in [6.45, 7) is 14.3. The Morgan fingerprint density at radius 2 is 1.88 bits per heavy atom. The molecule has 1 atom stereocenters. The number of hydrogen-bond acceptors (Lipinski definition) is 6. The third kappa shape index (κ3) is 6.52. The molecule has 0 bridgehead atoms. The van der Waals surface area contributed by atoms with Crippen LogP contribution < -0.4 is 0 Å². The smallest absolute Gasteiger partial charge is 0.410 e. The van der Waals surface area contributed by atoms with E-state index >= 15 is 0 Å². The first-order chi connectivity index (χ1) is 14.9. The number of ether oxygens (including phenoxy) is 2. The summed E-state index contributed by atoms with van der Waals surface area (Å²) in [6, 6.07) is 0.900. The predicted octanol–water partition coefficient (Wildman–Crippen LogP) is 5.38. The number of likely N-dealkylation sites (tertiary alicyclic amines) is 1. The van der Waals surface area contributed by atoms with Gasteiger partial charge in [-0.2, -0.15) is 0 Å². The van der Waals surface area contributed by atoms with Gasteiger partial charge in [-0.3, -0.25) is 4.90 Å². The van der Waals surface area contributed by atoms with Gasteiger partial charge in [-0.05, 0) is 51.3 Å². The van der Waals surface area contributed by atoms with E-state index in [0.717, 1.165) is 36.0 Å². The molecule has 1 saturated heterocycles. The third-order valence-corrected chi connectivity index (χ3v) is 7.10. The van der Waals surface area contributed by atoms with Crippen LogP contribution in [0.4, 0.5) is 4.79 Å². The number of carbonyl (C=O) groups is 1. The van der Waals surface area contributed by atoms with Gasteiger partial charge < -0.3 is 14.0 Å². The Hall–Kier alpha value is -1.97. The summed E-state index contributed by atoms with van der Waals surface area (Å²) in [6.07, 6.45) is 6.54. The van der Waals surface area contributed by atoms with Gasteiger partial charge in [-0.25, -0.2) is 19.7 Å². The van der Waals surface area contributed by atoms with Crippen LogP contribution in [0.1, 0.15) is 45.5 Å². The first-order valence-electron chi connectivity index (χ1n) is 11.1. The highest BCUT2D eigenvalue weighted by Gasteiger charge is 2.36. The first-order valence-corrected chi connectivity index (χ1v) is 15.1. The highest BCUT2D eigenvalue weighted by Crippen LogP contribution is 2.35. The summed E-state index contributed by atoms with van der Waals surface area (Å²) < 4.78 is 13.7. The number of rotatable bonds is 7. The largest absolute Gasteiger partial charge is 0.444 e. The minimum atomic E-state index is -1.21. The predicted molar refractivity (Wildman–Crippen MR) is 127 cm³/mol. The second-order valence-corrected chi connectivity index (χ2v) is 16.3. The van der Waals surface area contributed by atoms with Crippen molar-refractivity contribution in [2.24, 2.45) is 0 Å². The van der Waals surface area contributed by atoms with Gasteiger partial charge in [0.15, 0.2) is 0 Å². The lowest BCUT2D eigenvalue weighted by Gasteiger charge is -2.29. The molecule has 0 radical (unpaired) electrons. The molecule has 0 aromatic carbocycles. The van der Waals surface area contributed by atoms with E-state index in [1.54, 1.807) is 23.5 Å². The summed E-state index contributed by atoms with van der Waals surface area (Å²) in [5.74, 6) is 0.784. The van der Waals surface area contributed by atoms with Gasteiger partial charge in [0, 0.05) is 39.2 Å². The van der Waals surface area contributed by atoms with E-state index in [0.29, 0.717) is 19.9 Å². The van der Waals surface area contributed by atoms with Crippen molar-refractivity contribution >= 4 is 25.8 Å². The molecule has 0 spiro atoms. The summed E-state index contributed by atoms with van der Waals surface area (Å²) in [5.41, 5.74) is 1.08. The molecule has 3 heterocycles. The van der Waals surface area contributed by atoms with E-state index < -0.39 is 13.7 Å². The molecule has 3 rings (SSSR count). The number of carbonyl (C=O) groups excluding carboxylic acids is 1. The summed E-state index contributed by atoms with van der Waals surface area (Å²) in [7, 11) is -1.21. The van der Waals surface area contributed by atoms with Crippen molar-refractivity contribution in [2.75, 3.05) is 13.2 Å². The zero-order chi connectivity index (χ0) is 23.5. The van der Waals surface area contributed by atoms with Gasteiger partial charge in [0.2, 0.25) is 5.28 Å². The van der Waals surface area contributed by atoms with Gasteiger partial charge in [0.25, 0.3) is 0 Å². The molecule has 8 nitrogen and oxygen atoms in total. The lowest BCUT2D eigenvalue weighted by atomic mass is 10.2. The second-order valence-electron chi connectivity index (χ2n) is 10.4. The minimum absolute atomic E-state index is 0.174. The normalized spacial score (nSPS) is 17.1. The second kappa shape index (κ2) is 9.89. The van der Waals surface area contributed by atoms with Crippen LogP contribution in [0.5, 0.6) is 0 Å². The van der Waals surface area contributed by atoms with Crippen molar-refractivity contribution in [1.82, 2.24) is 24.4 Å². The first kappa shape index (κ1) is 24.7. The number of nitrogens with zero attached hydrogens (tertiary/aromatic N) is 5. The van der Waals surface area contributed by atoms with Crippen LogP contribution >= 0.6 is 11.6 Å². The zero-order valence-electron chi connectivity index (χ0n) is 19.9. The van der Waals surface area contributed by atoms with Crippen molar-refractivity contribution in [3.63, 3.8) is 0 Å². The number of amides is 1. The summed E-state index contributed by atoms with van der Waals surface area (Å²) in [4.78, 5) is 27.5. The van der Waals surface area contributed by atoms with Crippen molar-refractivity contribution < 1.29 is 14.3 Å². The molecule has 2 aromatic heterocycles. The maximum atomic E-state index is 12.8. The van der Waals surface area contributed by atoms with Crippen molar-refractivity contribution in [1.29, 1.82) is 0 Å². The summed E-state index contributed by atoms with van der Waals surface area (Å²) >= 11 is 5.88. The van der Waals surface area contributed by atoms with E-state index in [9.17, 15) is 4.79 Å². The van der Waals surface area contributed by atoms with Crippen molar-refractivity contribution in [2.45, 2.75) is 77.7 Å². The van der Waals surface area contributed by atoms with E-state index in [-0.39, 0.29) is 17.4 Å². The molecule has 0 aliphatic carbocycles. The quantitative estimate of drug-likeness (QED) is 0.301. The van der Waals surface area contributed by atoms with Crippen LogP contribution in [0.2, 0.25) is 31.0 Å². The fourth-order valence-corrected chi connectivity index (χ4v) is 4.43. The van der Waals surface area contributed by atoms with E-state index in [4.69, 9.17) is 26.1 Å². The topological polar surface area (TPSA) is 82.4 Å². The van der Waals surface area contributed by atoms with Gasteiger partial charge >= 0.3 is 6.09 Å². The molecule has 176 valence electrons. The van der Waals surface area contributed by atoms with Crippen LogP contribution in [-0.2, 0) is 16.2 Å². The fraction of sp³-hybridized carbons (Fsp3) is 0.636. The number of aromatic nitrogens is 4. The van der Waals surface area contributed by atoms with Gasteiger partial charge in [0.1, 0.15) is 18.2 Å². The van der Waals surface area contributed by atoms with Crippen LogP contribution in [0, 0.1) is 0 Å². The lowest BCUT2D eigenvalue weighted by molar-refractivity contribution is 0.0204. The minimum Gasteiger partial charge on any atom is -0.444 e. The lowest BCUT2D eigenvalue weighted by Crippen LogP contribution is -2.37. The number of hydrogen-bond donors (Lipinski definition) is 0. The van der Waals surface area contributed by atoms with Crippen molar-refractivity contribution in [3.8, 4) is 11.3 Å². The summed E-state index contributed by atoms with van der Waals surface area (Å²) in [5, 5.41) is 0.193. The third-order valence-electron chi connectivity index (χ3n) is 5.20. The molecule has 10 heteroatoms. The molecule has 32 heavy (non-hydrogen) atoms. The standard InChI is InChI=1S/C22H34ClN5O3Si/c1-22(2,3)31-21(29)27-9-7-8-17(27)19-24-14-18(16-12-25-20(23)26-13-16)28(19)15-30-10-11-32(4,5)6/h12-14,17H,7-11,15H2,1-6H3. The zero-order valence-corrected chi connectivity index (χ0v) is 21.6. The molecule has 1 aliphatic rings. The molecule has 1 unspecified atom stereocenters. The Balaban J connectivity index is 1.88. The Labute approximate surface area is 196 Å². The SMILES string of the molecule is CC(C)(C)OC(=O)N1CCCC1c1ncc(-c2cnc(Cl)nc2)n1COCC[Si](C)(C)C. The molecule has 0 N–H and O–H groups in total. The van der Waals surface area contributed by atoms with Gasteiger partial charge in [0.05, 0.1) is 17.9 Å². The molecular formula is C22H34ClN5O3Si. The molecular weight excluding hydrogens is 446 g/mol. The fourth-order valence-electron chi connectivity index (χ4n) is 3.58. The Kier molecular flexibility index (Phi) is 7.62. The van der Waals surface area contributed by atoms with Crippen LogP contribution in [0.25, 0.3) is 11.3 Å². The van der Waals surface area contributed by atoms with E-state index in [2.05, 4.69) is 29.6 Å². The Morgan fingerprint density at radius 3 is 2.50 bits per heavy atom. The average Bonchev–Trinajstić information content (AvgIpc) is 3.30.